The number of carbonyl (C=O) groups is 1. The van der Waals surface area contributed by atoms with Crippen molar-refractivity contribution in [3.8, 4) is 11.3 Å². The number of pyridine rings is 1. The molecule has 6 nitrogen and oxygen atoms in total. The zero-order valence-corrected chi connectivity index (χ0v) is 12.1. The van der Waals surface area contributed by atoms with Gasteiger partial charge in [-0.05, 0) is 30.7 Å². The maximum absolute atomic E-state index is 12.1. The topological polar surface area (TPSA) is 73.0 Å². The quantitative estimate of drug-likeness (QED) is 0.784. The normalized spacial score (nSPS) is 12.0. The van der Waals surface area contributed by atoms with E-state index in [0.717, 1.165) is 16.8 Å². The van der Waals surface area contributed by atoms with E-state index in [1.54, 1.807) is 41.9 Å². The Bertz CT molecular complexity index is 718. The number of hydrogen-bond donors (Lipinski definition) is 1. The number of aromatic nitrogens is 3. The maximum Gasteiger partial charge on any atom is 0.244 e. The summed E-state index contributed by atoms with van der Waals surface area (Å²) in [5, 5.41) is 6.95. The zero-order valence-electron chi connectivity index (χ0n) is 12.1. The molecule has 1 atom stereocenters. The average Bonchev–Trinajstić information content (AvgIpc) is 3.25. The van der Waals surface area contributed by atoms with Crippen LogP contribution in [-0.2, 0) is 11.3 Å². The van der Waals surface area contributed by atoms with Gasteiger partial charge in [0, 0.05) is 30.7 Å². The van der Waals surface area contributed by atoms with Crippen molar-refractivity contribution in [3.05, 3.63) is 60.9 Å². The summed E-state index contributed by atoms with van der Waals surface area (Å²) in [7, 11) is 0. The summed E-state index contributed by atoms with van der Waals surface area (Å²) >= 11 is 0. The number of nitrogens with zero attached hydrogens (tertiary/aromatic N) is 3. The Morgan fingerprint density at radius 1 is 1.41 bits per heavy atom. The van der Waals surface area contributed by atoms with Gasteiger partial charge in [0.05, 0.1) is 18.2 Å². The molecule has 1 unspecified atom stereocenters. The molecule has 1 amide bonds. The fraction of sp³-hybridized carbons (Fsp3) is 0.188. The lowest BCUT2D eigenvalue weighted by Gasteiger charge is -2.12. The summed E-state index contributed by atoms with van der Waals surface area (Å²) in [6.07, 6.45) is 8.44. The van der Waals surface area contributed by atoms with Gasteiger partial charge < -0.3 is 9.73 Å². The van der Waals surface area contributed by atoms with Crippen molar-refractivity contribution in [2.75, 3.05) is 0 Å². The van der Waals surface area contributed by atoms with E-state index in [-0.39, 0.29) is 11.9 Å². The molecule has 3 rings (SSSR count). The number of rotatable bonds is 5. The summed E-state index contributed by atoms with van der Waals surface area (Å²) < 4.78 is 6.66. The third kappa shape index (κ3) is 3.06. The van der Waals surface area contributed by atoms with Crippen molar-refractivity contribution < 1.29 is 9.21 Å². The van der Waals surface area contributed by atoms with Gasteiger partial charge in [0.15, 0.2) is 0 Å². The van der Waals surface area contributed by atoms with Gasteiger partial charge in [-0.2, -0.15) is 5.10 Å². The van der Waals surface area contributed by atoms with E-state index in [9.17, 15) is 4.79 Å². The van der Waals surface area contributed by atoms with Crippen molar-refractivity contribution in [2.24, 2.45) is 0 Å². The van der Waals surface area contributed by atoms with Gasteiger partial charge in [-0.1, -0.05) is 6.07 Å². The van der Waals surface area contributed by atoms with E-state index in [2.05, 4.69) is 15.4 Å². The lowest BCUT2D eigenvalue weighted by Crippen LogP contribution is -2.30. The van der Waals surface area contributed by atoms with Crippen molar-refractivity contribution in [1.29, 1.82) is 0 Å². The van der Waals surface area contributed by atoms with E-state index in [1.807, 2.05) is 25.1 Å². The monoisotopic (exact) mass is 296 g/mol. The minimum atomic E-state index is -0.340. The molecule has 0 aliphatic carbocycles. The van der Waals surface area contributed by atoms with Crippen LogP contribution < -0.4 is 5.32 Å². The second kappa shape index (κ2) is 6.26. The Labute approximate surface area is 127 Å². The van der Waals surface area contributed by atoms with E-state index < -0.39 is 0 Å². The van der Waals surface area contributed by atoms with Crippen molar-refractivity contribution in [3.63, 3.8) is 0 Å². The largest absolute Gasteiger partial charge is 0.472 e. The molecule has 0 radical (unpaired) electrons. The smallest absolute Gasteiger partial charge is 0.244 e. The number of furan rings is 1. The lowest BCUT2D eigenvalue weighted by molar-refractivity contribution is -0.124. The Morgan fingerprint density at radius 2 is 2.32 bits per heavy atom. The molecule has 0 saturated carbocycles. The van der Waals surface area contributed by atoms with Crippen molar-refractivity contribution in [2.45, 2.75) is 19.5 Å². The first kappa shape index (κ1) is 14.1. The molecule has 3 heterocycles. The molecule has 22 heavy (non-hydrogen) atoms. The number of nitrogens with one attached hydrogen (secondary N) is 1. The summed E-state index contributed by atoms with van der Waals surface area (Å²) in [6, 6.07) is 7.16. The Kier molecular flexibility index (Phi) is 4.00. The van der Waals surface area contributed by atoms with Crippen LogP contribution in [0.5, 0.6) is 0 Å². The van der Waals surface area contributed by atoms with E-state index in [4.69, 9.17) is 4.42 Å². The molecule has 0 spiro atoms. The highest BCUT2D eigenvalue weighted by Gasteiger charge is 2.14. The van der Waals surface area contributed by atoms with Gasteiger partial charge in [0.25, 0.3) is 0 Å². The van der Waals surface area contributed by atoms with Gasteiger partial charge in [-0.25, -0.2) is 0 Å². The molecule has 3 aromatic rings. The van der Waals surface area contributed by atoms with E-state index in [0.29, 0.717) is 6.54 Å². The minimum absolute atomic E-state index is 0.0809. The molecule has 0 bridgehead atoms. The first-order valence-corrected chi connectivity index (χ1v) is 6.98. The van der Waals surface area contributed by atoms with Crippen LogP contribution in [0.1, 0.15) is 18.5 Å². The van der Waals surface area contributed by atoms with E-state index in [1.165, 1.54) is 0 Å². The van der Waals surface area contributed by atoms with Crippen LogP contribution >= 0.6 is 0 Å². The zero-order chi connectivity index (χ0) is 15.4. The highest BCUT2D eigenvalue weighted by Crippen LogP contribution is 2.17. The molecule has 6 heteroatoms. The summed E-state index contributed by atoms with van der Waals surface area (Å²) in [5.41, 5.74) is 2.71. The van der Waals surface area contributed by atoms with Crippen LogP contribution in [0.15, 0.2) is 59.8 Å². The second-order valence-corrected chi connectivity index (χ2v) is 4.94. The highest BCUT2D eigenvalue weighted by atomic mass is 16.3. The Morgan fingerprint density at radius 3 is 2.95 bits per heavy atom. The molecule has 0 aromatic carbocycles. The second-order valence-electron chi connectivity index (χ2n) is 4.94. The molecule has 0 aliphatic heterocycles. The molecular weight excluding hydrogens is 280 g/mol. The average molecular weight is 296 g/mol. The molecule has 0 saturated heterocycles. The lowest BCUT2D eigenvalue weighted by atomic mass is 10.2. The van der Waals surface area contributed by atoms with E-state index >= 15 is 0 Å². The number of carbonyl (C=O) groups excluding carboxylic acids is 1. The number of amides is 1. The fourth-order valence-electron chi connectivity index (χ4n) is 2.08. The first-order chi connectivity index (χ1) is 10.7. The summed E-state index contributed by atoms with van der Waals surface area (Å²) in [4.78, 5) is 16.4. The van der Waals surface area contributed by atoms with Crippen LogP contribution in [0, 0.1) is 0 Å². The van der Waals surface area contributed by atoms with Gasteiger partial charge in [-0.3, -0.25) is 14.5 Å². The first-order valence-electron chi connectivity index (χ1n) is 6.98. The van der Waals surface area contributed by atoms with Crippen molar-refractivity contribution in [1.82, 2.24) is 20.1 Å². The van der Waals surface area contributed by atoms with Crippen LogP contribution in [0.4, 0.5) is 0 Å². The summed E-state index contributed by atoms with van der Waals surface area (Å²) in [5.74, 6) is -0.0809. The van der Waals surface area contributed by atoms with Crippen LogP contribution in [0.2, 0.25) is 0 Å². The molecule has 1 N–H and O–H groups in total. The molecular formula is C16H16N4O2. The summed E-state index contributed by atoms with van der Waals surface area (Å²) in [6.45, 7) is 2.24. The Hall–Kier alpha value is -2.89. The predicted octanol–water partition coefficient (Wildman–Crippen LogP) is 2.42. The molecule has 0 fully saturated rings. The third-order valence-electron chi connectivity index (χ3n) is 3.41. The van der Waals surface area contributed by atoms with Gasteiger partial charge >= 0.3 is 0 Å². The van der Waals surface area contributed by atoms with Crippen LogP contribution in [0.3, 0.4) is 0 Å². The van der Waals surface area contributed by atoms with Crippen LogP contribution in [-0.4, -0.2) is 20.7 Å². The molecule has 112 valence electrons. The minimum Gasteiger partial charge on any atom is -0.472 e. The van der Waals surface area contributed by atoms with Gasteiger partial charge in [-0.15, -0.1) is 0 Å². The number of hydrogen-bond acceptors (Lipinski definition) is 4. The Balaban J connectivity index is 1.58. The highest BCUT2D eigenvalue weighted by molar-refractivity contribution is 5.79. The van der Waals surface area contributed by atoms with Gasteiger partial charge in [0.2, 0.25) is 5.91 Å². The predicted molar refractivity (Wildman–Crippen MR) is 80.7 cm³/mol. The molecule has 0 aliphatic rings. The molecule has 3 aromatic heterocycles. The fourth-order valence-corrected chi connectivity index (χ4v) is 2.08. The standard InChI is InChI=1S/C16H16N4O2/c1-12(20-7-2-6-19-20)16(21)18-10-13-3-4-15(17-9-13)14-5-8-22-11-14/h2-9,11-12H,10H2,1H3,(H,18,21). The van der Waals surface area contributed by atoms with Crippen LogP contribution in [0.25, 0.3) is 11.3 Å². The SMILES string of the molecule is CC(C(=O)NCc1ccc(-c2ccoc2)nc1)n1cccn1. The third-order valence-corrected chi connectivity index (χ3v) is 3.41. The maximum atomic E-state index is 12.1. The van der Waals surface area contributed by atoms with Crippen molar-refractivity contribution >= 4 is 5.91 Å². The van der Waals surface area contributed by atoms with Gasteiger partial charge in [0.1, 0.15) is 6.04 Å².